The van der Waals surface area contributed by atoms with Crippen molar-refractivity contribution in [2.45, 2.75) is 5.16 Å². The van der Waals surface area contributed by atoms with Crippen LogP contribution in [0.4, 0.5) is 0 Å². The summed E-state index contributed by atoms with van der Waals surface area (Å²) in [5.74, 6) is -0.722. The summed E-state index contributed by atoms with van der Waals surface area (Å²) in [4.78, 5) is 18.0. The summed E-state index contributed by atoms with van der Waals surface area (Å²) >= 11 is 5.59. The zero-order valence-corrected chi connectivity index (χ0v) is 9.46. The molecule has 0 unspecified atom stereocenters. The third-order valence-electron chi connectivity index (χ3n) is 1.46. The van der Waals surface area contributed by atoms with E-state index in [2.05, 4.69) is 14.7 Å². The second kappa shape index (κ2) is 4.11. The fourth-order valence-corrected chi connectivity index (χ4v) is 1.53. The molecule has 1 aromatic heterocycles. The summed E-state index contributed by atoms with van der Waals surface area (Å²) in [6.45, 7) is 0. The predicted octanol–water partition coefficient (Wildman–Crippen LogP) is 0.320. The van der Waals surface area contributed by atoms with E-state index in [9.17, 15) is 13.2 Å². The van der Waals surface area contributed by atoms with Crippen molar-refractivity contribution in [3.8, 4) is 0 Å². The molecule has 1 aromatic rings. The number of halogens is 1. The van der Waals surface area contributed by atoms with Crippen LogP contribution in [-0.2, 0) is 14.6 Å². The van der Waals surface area contributed by atoms with Gasteiger partial charge in [-0.15, -0.1) is 0 Å². The van der Waals surface area contributed by atoms with Crippen LogP contribution in [0.25, 0.3) is 0 Å². The van der Waals surface area contributed by atoms with Crippen molar-refractivity contribution < 1.29 is 17.9 Å². The van der Waals surface area contributed by atoms with Crippen molar-refractivity contribution >= 4 is 27.4 Å². The first kappa shape index (κ1) is 11.9. The van der Waals surface area contributed by atoms with Gasteiger partial charge in [0.15, 0.2) is 0 Å². The Labute approximate surface area is 91.2 Å². The van der Waals surface area contributed by atoms with Crippen LogP contribution in [0.5, 0.6) is 0 Å². The van der Waals surface area contributed by atoms with Crippen molar-refractivity contribution in [2.24, 2.45) is 0 Å². The van der Waals surface area contributed by atoms with E-state index in [1.54, 1.807) is 0 Å². The second-order valence-electron chi connectivity index (χ2n) is 2.62. The molecule has 8 heteroatoms. The van der Waals surface area contributed by atoms with Gasteiger partial charge >= 0.3 is 5.97 Å². The van der Waals surface area contributed by atoms with E-state index < -0.39 is 21.0 Å². The second-order valence-corrected chi connectivity index (χ2v) is 4.89. The number of methoxy groups -OCH3 is 1. The van der Waals surface area contributed by atoms with E-state index in [1.807, 2.05) is 0 Å². The average Bonchev–Trinajstić information content (AvgIpc) is 2.15. The summed E-state index contributed by atoms with van der Waals surface area (Å²) in [5.41, 5.74) is -0.0773. The quantitative estimate of drug-likeness (QED) is 0.427. The molecule has 0 aliphatic carbocycles. The van der Waals surface area contributed by atoms with Crippen LogP contribution in [0.3, 0.4) is 0 Å². The predicted molar refractivity (Wildman–Crippen MR) is 51.5 cm³/mol. The van der Waals surface area contributed by atoms with Gasteiger partial charge in [0.1, 0.15) is 10.7 Å². The highest BCUT2D eigenvalue weighted by Crippen LogP contribution is 2.14. The number of esters is 1. The molecule has 0 aliphatic heterocycles. The molecule has 0 spiro atoms. The highest BCUT2D eigenvalue weighted by Gasteiger charge is 2.17. The fraction of sp³-hybridized carbons (Fsp3) is 0.286. The highest BCUT2D eigenvalue weighted by atomic mass is 35.5. The standard InChI is InChI=1S/C7H7ClN2O4S/c1-14-6(11)4-3-9-7(10-5(4)8)15(2,12)13/h3H,1-2H3. The Morgan fingerprint density at radius 2 is 2.13 bits per heavy atom. The number of rotatable bonds is 2. The van der Waals surface area contributed by atoms with Gasteiger partial charge in [-0.25, -0.2) is 23.2 Å². The lowest BCUT2D eigenvalue weighted by atomic mass is 10.3. The highest BCUT2D eigenvalue weighted by molar-refractivity contribution is 7.90. The molecule has 0 N–H and O–H groups in total. The molecule has 1 heterocycles. The minimum Gasteiger partial charge on any atom is -0.465 e. The maximum absolute atomic E-state index is 11.1. The van der Waals surface area contributed by atoms with Gasteiger partial charge in [-0.05, 0) is 0 Å². The molecule has 0 radical (unpaired) electrons. The van der Waals surface area contributed by atoms with Gasteiger partial charge in [0.05, 0.1) is 7.11 Å². The maximum Gasteiger partial charge on any atom is 0.342 e. The van der Waals surface area contributed by atoms with Gasteiger partial charge in [-0.3, -0.25) is 0 Å². The average molecular weight is 251 g/mol. The van der Waals surface area contributed by atoms with Crippen LogP contribution < -0.4 is 0 Å². The molecule has 1 rings (SSSR count). The third-order valence-corrected chi connectivity index (χ3v) is 2.61. The number of hydrogen-bond acceptors (Lipinski definition) is 6. The van der Waals surface area contributed by atoms with Crippen LogP contribution in [0.2, 0.25) is 5.15 Å². The number of hydrogen-bond donors (Lipinski definition) is 0. The monoisotopic (exact) mass is 250 g/mol. The van der Waals surface area contributed by atoms with Crippen LogP contribution in [0.1, 0.15) is 10.4 Å². The number of ether oxygens (including phenoxy) is 1. The minimum atomic E-state index is -3.53. The summed E-state index contributed by atoms with van der Waals surface area (Å²) in [5, 5.41) is -0.683. The first-order valence-electron chi connectivity index (χ1n) is 3.67. The summed E-state index contributed by atoms with van der Waals surface area (Å²) in [6.07, 6.45) is 1.95. The Bertz CT molecular complexity index is 500. The molecular weight excluding hydrogens is 244 g/mol. The Hall–Kier alpha value is -1.21. The number of carbonyl (C=O) groups excluding carboxylic acids is 1. The lowest BCUT2D eigenvalue weighted by molar-refractivity contribution is 0.0599. The largest absolute Gasteiger partial charge is 0.465 e. The molecule has 0 aromatic carbocycles. The zero-order valence-electron chi connectivity index (χ0n) is 7.89. The lowest BCUT2D eigenvalue weighted by Gasteiger charge is -2.02. The topological polar surface area (TPSA) is 86.2 Å². The van der Waals surface area contributed by atoms with E-state index in [0.29, 0.717) is 0 Å². The third kappa shape index (κ3) is 2.63. The smallest absolute Gasteiger partial charge is 0.342 e. The van der Waals surface area contributed by atoms with Crippen molar-refractivity contribution in [3.63, 3.8) is 0 Å². The van der Waals surface area contributed by atoms with E-state index in [1.165, 1.54) is 7.11 Å². The molecule has 0 fully saturated rings. The first-order valence-corrected chi connectivity index (χ1v) is 5.94. The summed E-state index contributed by atoms with van der Waals surface area (Å²) < 4.78 is 26.5. The van der Waals surface area contributed by atoms with Gasteiger partial charge in [0, 0.05) is 12.5 Å². The minimum absolute atomic E-state index is 0.0773. The normalized spacial score (nSPS) is 11.1. The number of aromatic nitrogens is 2. The van der Waals surface area contributed by atoms with Gasteiger partial charge in [-0.1, -0.05) is 11.6 Å². The Morgan fingerprint density at radius 3 is 2.53 bits per heavy atom. The number of nitrogens with zero attached hydrogens (tertiary/aromatic N) is 2. The van der Waals surface area contributed by atoms with Gasteiger partial charge in [-0.2, -0.15) is 0 Å². The molecule has 0 amide bonds. The van der Waals surface area contributed by atoms with Crippen LogP contribution >= 0.6 is 11.6 Å². The van der Waals surface area contributed by atoms with Crippen LogP contribution in [0, 0.1) is 0 Å². The van der Waals surface area contributed by atoms with Crippen molar-refractivity contribution in [1.29, 1.82) is 0 Å². The van der Waals surface area contributed by atoms with E-state index in [-0.39, 0.29) is 10.7 Å². The molecule has 0 bridgehead atoms. The van der Waals surface area contributed by atoms with Crippen LogP contribution in [-0.4, -0.2) is 37.7 Å². The van der Waals surface area contributed by atoms with Gasteiger partial charge in [0.25, 0.3) is 0 Å². The van der Waals surface area contributed by atoms with Gasteiger partial charge in [0.2, 0.25) is 15.0 Å². The number of carbonyl (C=O) groups is 1. The van der Waals surface area contributed by atoms with Gasteiger partial charge < -0.3 is 4.74 Å². The summed E-state index contributed by atoms with van der Waals surface area (Å²) in [6, 6.07) is 0. The Kier molecular flexibility index (Phi) is 3.25. The molecule has 82 valence electrons. The molecule has 6 nitrogen and oxygen atoms in total. The molecule has 0 saturated carbocycles. The Balaban J connectivity index is 3.27. The van der Waals surface area contributed by atoms with Crippen molar-refractivity contribution in [1.82, 2.24) is 9.97 Å². The molecule has 0 atom stereocenters. The number of sulfone groups is 1. The first-order chi connectivity index (χ1) is 6.86. The molecule has 15 heavy (non-hydrogen) atoms. The maximum atomic E-state index is 11.1. The van der Waals surface area contributed by atoms with Crippen LogP contribution in [0.15, 0.2) is 11.4 Å². The van der Waals surface area contributed by atoms with E-state index >= 15 is 0 Å². The Morgan fingerprint density at radius 1 is 1.53 bits per heavy atom. The van der Waals surface area contributed by atoms with E-state index in [0.717, 1.165) is 12.5 Å². The SMILES string of the molecule is COC(=O)c1cnc(S(C)(=O)=O)nc1Cl. The van der Waals surface area contributed by atoms with Crippen molar-refractivity contribution in [3.05, 3.63) is 16.9 Å². The van der Waals surface area contributed by atoms with E-state index in [4.69, 9.17) is 11.6 Å². The molecule has 0 aliphatic rings. The molecular formula is C7H7ClN2O4S. The summed E-state index contributed by atoms with van der Waals surface area (Å²) in [7, 11) is -2.36. The molecule has 0 saturated heterocycles. The zero-order chi connectivity index (χ0) is 11.6. The fourth-order valence-electron chi connectivity index (χ4n) is 0.772. The lowest BCUT2D eigenvalue weighted by Crippen LogP contribution is -2.09. The van der Waals surface area contributed by atoms with Crippen molar-refractivity contribution in [2.75, 3.05) is 13.4 Å².